The third-order valence-electron chi connectivity index (χ3n) is 3.83. The van der Waals surface area contributed by atoms with Crippen molar-refractivity contribution in [3.63, 3.8) is 0 Å². The van der Waals surface area contributed by atoms with Crippen molar-refractivity contribution >= 4 is 28.3 Å². The number of aromatic amines is 1. The number of fused-ring (bicyclic) bond motifs is 1. The molecule has 0 aliphatic rings. The van der Waals surface area contributed by atoms with Gasteiger partial charge in [-0.1, -0.05) is 17.3 Å². The second-order valence-electron chi connectivity index (χ2n) is 5.61. The number of H-pyrrole nitrogens is 1. The summed E-state index contributed by atoms with van der Waals surface area (Å²) in [6.45, 7) is 4.01. The van der Waals surface area contributed by atoms with Crippen molar-refractivity contribution in [2.24, 2.45) is 0 Å². The van der Waals surface area contributed by atoms with Crippen LogP contribution in [0.4, 0.5) is 0 Å². The van der Waals surface area contributed by atoms with Crippen molar-refractivity contribution < 1.29 is 9.32 Å². The van der Waals surface area contributed by atoms with Gasteiger partial charge >= 0.3 is 0 Å². The van der Waals surface area contributed by atoms with Crippen LogP contribution in [0, 0.1) is 13.8 Å². The molecule has 0 spiro atoms. The lowest BCUT2D eigenvalue weighted by molar-refractivity contribution is 0.0954. The fourth-order valence-corrected chi connectivity index (χ4v) is 3.60. The fourth-order valence-electron chi connectivity index (χ4n) is 2.62. The van der Waals surface area contributed by atoms with Gasteiger partial charge in [-0.2, -0.15) is 0 Å². The molecule has 2 N–H and O–H groups in total. The minimum absolute atomic E-state index is 0.184. The normalized spacial score (nSPS) is 11.1. The highest BCUT2D eigenvalue weighted by atomic mass is 32.1. The minimum atomic E-state index is -0.184. The first-order valence-electron chi connectivity index (χ1n) is 7.72. The van der Waals surface area contributed by atoms with Crippen LogP contribution in [0.5, 0.6) is 0 Å². The van der Waals surface area contributed by atoms with Crippen molar-refractivity contribution in [3.05, 3.63) is 52.6 Å². The number of nitrogens with zero attached hydrogens (tertiary/aromatic N) is 3. The van der Waals surface area contributed by atoms with Gasteiger partial charge in [-0.05, 0) is 26.0 Å². The van der Waals surface area contributed by atoms with Crippen molar-refractivity contribution in [3.8, 4) is 10.6 Å². The minimum Gasteiger partial charge on any atom is -0.361 e. The zero-order valence-electron chi connectivity index (χ0n) is 13.7. The number of carbonyl (C=O) groups is 1. The van der Waals surface area contributed by atoms with E-state index in [9.17, 15) is 4.79 Å². The number of amides is 1. The van der Waals surface area contributed by atoms with Crippen LogP contribution in [0.2, 0.25) is 0 Å². The second kappa shape index (κ2) is 6.14. The summed E-state index contributed by atoms with van der Waals surface area (Å²) in [5, 5.41) is 7.51. The van der Waals surface area contributed by atoms with E-state index in [0.29, 0.717) is 23.0 Å². The first kappa shape index (κ1) is 15.5. The molecule has 0 saturated heterocycles. The summed E-state index contributed by atoms with van der Waals surface area (Å²) in [6.07, 6.45) is 1.57. The average molecular weight is 353 g/mol. The lowest BCUT2D eigenvalue weighted by Gasteiger charge is -1.99. The Morgan fingerprint density at radius 3 is 2.92 bits per heavy atom. The zero-order chi connectivity index (χ0) is 17.4. The number of aromatic nitrogens is 4. The highest BCUT2D eigenvalue weighted by Gasteiger charge is 2.18. The number of thiazole rings is 1. The Labute approximate surface area is 147 Å². The van der Waals surface area contributed by atoms with Gasteiger partial charge in [0, 0.05) is 0 Å². The third kappa shape index (κ3) is 2.91. The molecule has 1 amide bonds. The van der Waals surface area contributed by atoms with Crippen molar-refractivity contribution in [1.29, 1.82) is 0 Å². The molecule has 8 heteroatoms. The summed E-state index contributed by atoms with van der Waals surface area (Å²) in [6, 6.07) is 7.75. The van der Waals surface area contributed by atoms with Gasteiger partial charge in [0.2, 0.25) is 0 Å². The van der Waals surface area contributed by atoms with E-state index in [1.165, 1.54) is 11.3 Å². The van der Waals surface area contributed by atoms with Crippen LogP contribution >= 0.6 is 11.3 Å². The molecule has 4 aromatic rings. The molecule has 25 heavy (non-hydrogen) atoms. The largest absolute Gasteiger partial charge is 0.361 e. The quantitative estimate of drug-likeness (QED) is 0.587. The van der Waals surface area contributed by atoms with Gasteiger partial charge in [0.1, 0.15) is 21.5 Å². The lowest BCUT2D eigenvalue weighted by atomic mass is 10.2. The van der Waals surface area contributed by atoms with E-state index in [0.717, 1.165) is 27.3 Å². The molecule has 4 rings (SSSR count). The molecule has 1 aromatic carbocycles. The molecular formula is C17H15N5O2S. The lowest BCUT2D eigenvalue weighted by Crippen LogP contribution is -2.22. The maximum absolute atomic E-state index is 12.4. The predicted octanol–water partition coefficient (Wildman–Crippen LogP) is 3.22. The summed E-state index contributed by atoms with van der Waals surface area (Å²) in [5.74, 6) is 1.22. The molecule has 0 aliphatic heterocycles. The Bertz CT molecular complexity index is 1010. The summed E-state index contributed by atoms with van der Waals surface area (Å²) in [4.78, 5) is 24.9. The van der Waals surface area contributed by atoms with Crippen LogP contribution in [-0.4, -0.2) is 26.0 Å². The maximum atomic E-state index is 12.4. The highest BCUT2D eigenvalue weighted by Crippen LogP contribution is 2.30. The molecule has 0 saturated carbocycles. The van der Waals surface area contributed by atoms with Gasteiger partial charge in [0.25, 0.3) is 5.91 Å². The van der Waals surface area contributed by atoms with Gasteiger partial charge in [-0.15, -0.1) is 11.3 Å². The Balaban J connectivity index is 1.48. The van der Waals surface area contributed by atoms with E-state index in [4.69, 9.17) is 4.52 Å². The second-order valence-corrected chi connectivity index (χ2v) is 6.64. The van der Waals surface area contributed by atoms with Gasteiger partial charge in [0.05, 0.1) is 35.0 Å². The Morgan fingerprint density at radius 1 is 1.32 bits per heavy atom. The molecule has 0 radical (unpaired) electrons. The summed E-state index contributed by atoms with van der Waals surface area (Å²) in [7, 11) is 0. The van der Waals surface area contributed by atoms with Crippen molar-refractivity contribution in [2.45, 2.75) is 20.4 Å². The number of benzene rings is 1. The van der Waals surface area contributed by atoms with E-state index < -0.39 is 0 Å². The standard InChI is InChI=1S/C17H15N5O2S/c1-9-15(10(2)24-22-9)17-19-7-13(25-17)16(23)18-8-14-20-11-5-3-4-6-12(11)21-14/h3-7H,8H2,1-2H3,(H,18,23)(H,20,21). The van der Waals surface area contributed by atoms with E-state index in [1.54, 1.807) is 6.20 Å². The third-order valence-corrected chi connectivity index (χ3v) is 4.85. The topological polar surface area (TPSA) is 96.7 Å². The van der Waals surface area contributed by atoms with Gasteiger partial charge in [-0.3, -0.25) is 4.79 Å². The van der Waals surface area contributed by atoms with Crippen LogP contribution in [0.3, 0.4) is 0 Å². The Morgan fingerprint density at radius 2 is 2.16 bits per heavy atom. The van der Waals surface area contributed by atoms with Gasteiger partial charge < -0.3 is 14.8 Å². The molecule has 0 aliphatic carbocycles. The monoisotopic (exact) mass is 353 g/mol. The van der Waals surface area contributed by atoms with Crippen molar-refractivity contribution in [2.75, 3.05) is 0 Å². The molecule has 0 fully saturated rings. The van der Waals surface area contributed by atoms with Gasteiger partial charge in [0.15, 0.2) is 0 Å². The Kier molecular flexibility index (Phi) is 3.81. The smallest absolute Gasteiger partial charge is 0.263 e. The van der Waals surface area contributed by atoms with E-state index in [-0.39, 0.29) is 5.91 Å². The number of imidazole rings is 1. The number of nitrogens with one attached hydrogen (secondary N) is 2. The van der Waals surface area contributed by atoms with Crippen LogP contribution in [0.15, 0.2) is 35.0 Å². The number of carbonyl (C=O) groups excluding carboxylic acids is 1. The number of para-hydroxylation sites is 2. The summed E-state index contributed by atoms with van der Waals surface area (Å²) >= 11 is 1.31. The highest BCUT2D eigenvalue weighted by molar-refractivity contribution is 7.16. The fraction of sp³-hybridized carbons (Fsp3) is 0.176. The first-order valence-corrected chi connectivity index (χ1v) is 8.54. The SMILES string of the molecule is Cc1noc(C)c1-c1ncc(C(=O)NCc2nc3ccccc3[nH]2)s1. The Hall–Kier alpha value is -3.00. The van der Waals surface area contributed by atoms with Crippen molar-refractivity contribution in [1.82, 2.24) is 25.4 Å². The number of hydrogen-bond acceptors (Lipinski definition) is 6. The van der Waals surface area contributed by atoms with Gasteiger partial charge in [-0.25, -0.2) is 9.97 Å². The molecule has 126 valence electrons. The number of aryl methyl sites for hydroxylation is 2. The summed E-state index contributed by atoms with van der Waals surface area (Å²) in [5.41, 5.74) is 3.44. The van der Waals surface area contributed by atoms with E-state index in [2.05, 4.69) is 25.4 Å². The maximum Gasteiger partial charge on any atom is 0.263 e. The number of rotatable bonds is 4. The van der Waals surface area contributed by atoms with E-state index >= 15 is 0 Å². The first-order chi connectivity index (χ1) is 12.1. The molecular weight excluding hydrogens is 338 g/mol. The van der Waals surface area contributed by atoms with Crippen LogP contribution in [0.1, 0.15) is 27.0 Å². The van der Waals surface area contributed by atoms with Crippen LogP contribution in [-0.2, 0) is 6.54 Å². The van der Waals surface area contributed by atoms with E-state index in [1.807, 2.05) is 38.1 Å². The average Bonchev–Trinajstić information content (AvgIpc) is 3.31. The molecule has 3 aromatic heterocycles. The predicted molar refractivity (Wildman–Crippen MR) is 94.3 cm³/mol. The molecule has 0 bridgehead atoms. The number of hydrogen-bond donors (Lipinski definition) is 2. The zero-order valence-corrected chi connectivity index (χ0v) is 14.5. The molecule has 0 unspecified atom stereocenters. The summed E-state index contributed by atoms with van der Waals surface area (Å²) < 4.78 is 5.16. The molecule has 0 atom stereocenters. The van der Waals surface area contributed by atoms with Crippen LogP contribution < -0.4 is 5.32 Å². The molecule has 7 nitrogen and oxygen atoms in total. The van der Waals surface area contributed by atoms with Crippen LogP contribution in [0.25, 0.3) is 21.6 Å². The molecule has 3 heterocycles.